The second kappa shape index (κ2) is 25.7. The fraction of sp³-hybridized carbons (Fsp3) is 0.889. The minimum Gasteiger partial charge on any atom is -0.496 e. The van der Waals surface area contributed by atoms with Crippen LogP contribution in [0.15, 0.2) is 36.1 Å². The van der Waals surface area contributed by atoms with E-state index in [-0.39, 0.29) is 18.5 Å². The molecule has 3 saturated carbocycles. The lowest BCUT2D eigenvalue weighted by Crippen LogP contribution is -2.51. The molecule has 0 amide bonds. The molecule has 10 atom stereocenters. The zero-order valence-corrected chi connectivity index (χ0v) is 40.1. The Morgan fingerprint density at radius 1 is 0.810 bits per heavy atom. The number of fused-ring (bicyclic) bond motifs is 5. The van der Waals surface area contributed by atoms with Gasteiger partial charge in [0.1, 0.15) is 12.7 Å². The van der Waals surface area contributed by atoms with Crippen LogP contribution in [0.4, 0.5) is 0 Å². The van der Waals surface area contributed by atoms with Crippen LogP contribution in [0.2, 0.25) is 0 Å². The van der Waals surface area contributed by atoms with Gasteiger partial charge in [-0.1, -0.05) is 149 Å². The van der Waals surface area contributed by atoms with Crippen molar-refractivity contribution in [3.8, 4) is 0 Å². The first-order valence-electron chi connectivity index (χ1n) is 25.5. The Kier molecular flexibility index (Phi) is 22.0. The normalized spacial score (nSPS) is 29.9. The van der Waals surface area contributed by atoms with Crippen molar-refractivity contribution in [2.75, 3.05) is 27.2 Å². The summed E-state index contributed by atoms with van der Waals surface area (Å²) in [5, 5.41) is 0. The van der Waals surface area contributed by atoms with Crippen LogP contribution in [0.1, 0.15) is 215 Å². The number of hydrogen-bond acceptors (Lipinski definition) is 4. The molecule has 4 rings (SSSR count). The van der Waals surface area contributed by atoms with Crippen molar-refractivity contribution < 1.29 is 14.2 Å². The van der Waals surface area contributed by atoms with Crippen molar-refractivity contribution >= 4 is 0 Å². The highest BCUT2D eigenvalue weighted by Gasteiger charge is 2.59. The molecule has 4 heteroatoms. The largest absolute Gasteiger partial charge is 0.496 e. The highest BCUT2D eigenvalue weighted by atomic mass is 16.7. The van der Waals surface area contributed by atoms with Crippen LogP contribution in [0, 0.1) is 46.3 Å². The second-order valence-electron chi connectivity index (χ2n) is 21.4. The topological polar surface area (TPSA) is 30.9 Å². The summed E-state index contributed by atoms with van der Waals surface area (Å²) in [5.41, 5.74) is 2.61. The lowest BCUT2D eigenvalue weighted by Gasteiger charge is -2.58. The minimum atomic E-state index is -0.189. The average Bonchev–Trinajstić information content (AvgIpc) is 3.54. The molecule has 0 aromatic rings. The summed E-state index contributed by atoms with van der Waals surface area (Å²) in [5.74, 6) is 6.18. The van der Waals surface area contributed by atoms with Gasteiger partial charge in [0, 0.05) is 13.0 Å². The van der Waals surface area contributed by atoms with E-state index in [4.69, 9.17) is 14.2 Å². The Labute approximate surface area is 361 Å². The molecule has 0 spiro atoms. The molecule has 0 bridgehead atoms. The van der Waals surface area contributed by atoms with E-state index in [1.165, 1.54) is 128 Å². The van der Waals surface area contributed by atoms with Crippen molar-refractivity contribution in [2.24, 2.45) is 46.3 Å². The van der Waals surface area contributed by atoms with E-state index >= 15 is 0 Å². The predicted molar refractivity (Wildman–Crippen MR) is 250 cm³/mol. The number of rotatable bonds is 30. The smallest absolute Gasteiger partial charge is 0.158 e. The molecule has 0 aliphatic heterocycles. The number of unbranched alkanes of at least 4 members (excludes halogenated alkanes) is 10. The van der Waals surface area contributed by atoms with Crippen molar-refractivity contribution in [1.29, 1.82) is 0 Å². The fourth-order valence-electron chi connectivity index (χ4n) is 12.6. The lowest BCUT2D eigenvalue weighted by molar-refractivity contribution is -0.212. The van der Waals surface area contributed by atoms with E-state index in [9.17, 15) is 0 Å². The SMILES string of the molecule is C=C(CCCCCC/C=C\CCCCCCCC)OCC(CN(C)C)OC(CCC)OC1CC[C@@]2(C)C(=CCC3C2CC[C@@]2(C)[C@@H]3CC[C@@H]2[C@H](C)CCCC(C)C)C1. The number of likely N-dealkylation sites (N-methyl/N-ethyl adjacent to an activating group) is 1. The quantitative estimate of drug-likeness (QED) is 0.0313. The molecule has 58 heavy (non-hydrogen) atoms. The maximum Gasteiger partial charge on any atom is 0.158 e. The van der Waals surface area contributed by atoms with Gasteiger partial charge in [-0.15, -0.1) is 0 Å². The van der Waals surface area contributed by atoms with Gasteiger partial charge in [0.25, 0.3) is 0 Å². The van der Waals surface area contributed by atoms with Gasteiger partial charge >= 0.3 is 0 Å². The summed E-state index contributed by atoms with van der Waals surface area (Å²) < 4.78 is 20.0. The molecule has 0 N–H and O–H groups in total. The Morgan fingerprint density at radius 3 is 2.21 bits per heavy atom. The molecule has 3 fully saturated rings. The number of ether oxygens (including phenoxy) is 3. The van der Waals surface area contributed by atoms with E-state index in [0.717, 1.165) is 86.3 Å². The van der Waals surface area contributed by atoms with E-state index in [1.54, 1.807) is 5.57 Å². The third kappa shape index (κ3) is 15.1. The van der Waals surface area contributed by atoms with Gasteiger partial charge in [-0.2, -0.15) is 0 Å². The zero-order valence-electron chi connectivity index (χ0n) is 40.1. The molecule has 0 heterocycles. The van der Waals surface area contributed by atoms with E-state index in [0.29, 0.717) is 17.4 Å². The lowest BCUT2D eigenvalue weighted by atomic mass is 9.47. The van der Waals surface area contributed by atoms with Crippen LogP contribution in [-0.2, 0) is 14.2 Å². The van der Waals surface area contributed by atoms with Crippen LogP contribution < -0.4 is 0 Å². The summed E-state index contributed by atoms with van der Waals surface area (Å²) in [7, 11) is 4.26. The minimum absolute atomic E-state index is 0.0420. The summed E-state index contributed by atoms with van der Waals surface area (Å²) in [6.07, 6.45) is 41.1. The summed E-state index contributed by atoms with van der Waals surface area (Å²) in [6, 6.07) is 0. The third-order valence-electron chi connectivity index (χ3n) is 16.0. The molecular weight excluding hydrogens is 711 g/mol. The molecule has 5 unspecified atom stereocenters. The molecule has 0 aromatic heterocycles. The molecule has 0 radical (unpaired) electrons. The highest BCUT2D eigenvalue weighted by molar-refractivity contribution is 5.25. The molecule has 0 aromatic carbocycles. The standard InChI is InChI=1S/C54H97NO3/c1-11-13-14-15-16-17-18-19-20-21-22-23-24-25-30-44(6)56-41-47(40-55(9)10)58-52(27-12-2)57-46-35-37-53(7)45(39-46)31-32-48-50-34-33-49(43(5)29-26-28-42(3)4)54(50,8)38-36-51(48)53/h19-20,31,42-43,46-52H,6,11-18,21-30,32-41H2,1-5,7-10H3/b20-19-/t43-,46?,47?,48?,49-,50-,51?,52?,53+,54-/m1/s1. The van der Waals surface area contributed by atoms with Gasteiger partial charge < -0.3 is 19.1 Å². The van der Waals surface area contributed by atoms with Gasteiger partial charge in [-0.25, -0.2) is 0 Å². The van der Waals surface area contributed by atoms with Crippen molar-refractivity contribution in [1.82, 2.24) is 4.90 Å². The second-order valence-corrected chi connectivity index (χ2v) is 21.4. The Hall–Kier alpha value is -1.10. The van der Waals surface area contributed by atoms with E-state index in [2.05, 4.69) is 92.3 Å². The Balaban J connectivity index is 1.20. The maximum atomic E-state index is 6.95. The van der Waals surface area contributed by atoms with Crippen molar-refractivity contribution in [2.45, 2.75) is 234 Å². The van der Waals surface area contributed by atoms with Gasteiger partial charge in [0.2, 0.25) is 0 Å². The van der Waals surface area contributed by atoms with Crippen LogP contribution in [0.3, 0.4) is 0 Å². The Bertz CT molecular complexity index is 1210. The first-order valence-corrected chi connectivity index (χ1v) is 25.5. The van der Waals surface area contributed by atoms with Crippen molar-refractivity contribution in [3.05, 3.63) is 36.1 Å². The van der Waals surface area contributed by atoms with Gasteiger partial charge in [-0.3, -0.25) is 0 Å². The van der Waals surface area contributed by atoms with E-state index in [1.807, 2.05) is 0 Å². The van der Waals surface area contributed by atoms with Gasteiger partial charge in [-0.05, 0) is 150 Å². The summed E-state index contributed by atoms with van der Waals surface area (Å²) in [4.78, 5) is 2.21. The molecule has 336 valence electrons. The zero-order chi connectivity index (χ0) is 42.0. The van der Waals surface area contributed by atoms with Crippen LogP contribution >= 0.6 is 0 Å². The predicted octanol–water partition coefficient (Wildman–Crippen LogP) is 15.7. The number of nitrogens with zero attached hydrogens (tertiary/aromatic N) is 1. The fourth-order valence-corrected chi connectivity index (χ4v) is 12.6. The van der Waals surface area contributed by atoms with E-state index < -0.39 is 0 Å². The molecule has 4 aliphatic rings. The van der Waals surface area contributed by atoms with Crippen LogP contribution in [0.5, 0.6) is 0 Å². The number of allylic oxidation sites excluding steroid dienone is 4. The maximum absolute atomic E-state index is 6.95. The van der Waals surface area contributed by atoms with Crippen LogP contribution in [0.25, 0.3) is 0 Å². The Morgan fingerprint density at radius 2 is 1.52 bits per heavy atom. The molecule has 0 saturated heterocycles. The van der Waals surface area contributed by atoms with Gasteiger partial charge in [0.05, 0.1) is 11.9 Å². The first kappa shape index (κ1) is 49.6. The monoisotopic (exact) mass is 808 g/mol. The molecule has 4 aliphatic carbocycles. The van der Waals surface area contributed by atoms with Crippen LogP contribution in [-0.4, -0.2) is 50.6 Å². The first-order chi connectivity index (χ1) is 27.9. The molecule has 4 nitrogen and oxygen atoms in total. The highest BCUT2D eigenvalue weighted by Crippen LogP contribution is 2.67. The number of hydrogen-bond donors (Lipinski definition) is 0. The summed E-state index contributed by atoms with van der Waals surface area (Å²) >= 11 is 0. The third-order valence-corrected chi connectivity index (χ3v) is 16.0. The van der Waals surface area contributed by atoms with Crippen molar-refractivity contribution in [3.63, 3.8) is 0 Å². The molecular formula is C54H97NO3. The average molecular weight is 808 g/mol. The van der Waals surface area contributed by atoms with Gasteiger partial charge in [0.15, 0.2) is 6.29 Å². The summed E-state index contributed by atoms with van der Waals surface area (Å²) in [6.45, 7) is 23.0.